The van der Waals surface area contributed by atoms with Gasteiger partial charge in [0.05, 0.1) is 5.41 Å². The summed E-state index contributed by atoms with van der Waals surface area (Å²) in [5.74, 6) is 0.660. The molecule has 0 aromatic carbocycles. The molecule has 0 saturated heterocycles. The summed E-state index contributed by atoms with van der Waals surface area (Å²) in [5, 5.41) is 9.34. The van der Waals surface area contributed by atoms with Crippen molar-refractivity contribution in [2.45, 2.75) is 40.0 Å². The van der Waals surface area contributed by atoms with Crippen molar-refractivity contribution in [2.75, 3.05) is 0 Å². The van der Waals surface area contributed by atoms with Crippen LogP contribution >= 0.6 is 0 Å². The van der Waals surface area contributed by atoms with E-state index >= 15 is 0 Å². The number of aliphatic carboxylic acids is 1. The fraction of sp³-hybridized carbons (Fsp3) is 0.909. The number of hydrogen-bond acceptors (Lipinski definition) is 1. The molecule has 0 aromatic heterocycles. The average Bonchev–Trinajstić information content (AvgIpc) is 2.53. The normalized spacial score (nSPS) is 46.7. The predicted molar refractivity (Wildman–Crippen MR) is 50.4 cm³/mol. The van der Waals surface area contributed by atoms with Gasteiger partial charge in [0.2, 0.25) is 0 Å². The summed E-state index contributed by atoms with van der Waals surface area (Å²) in [7, 11) is 0. The number of rotatable bonds is 1. The van der Waals surface area contributed by atoms with Crippen LogP contribution in [0.1, 0.15) is 40.0 Å². The number of carboxylic acids is 1. The largest absolute Gasteiger partial charge is 0.481 e. The molecule has 2 saturated carbocycles. The smallest absolute Gasteiger partial charge is 0.310 e. The van der Waals surface area contributed by atoms with E-state index in [9.17, 15) is 9.90 Å². The molecule has 13 heavy (non-hydrogen) atoms. The quantitative estimate of drug-likeness (QED) is 0.676. The van der Waals surface area contributed by atoms with E-state index in [-0.39, 0.29) is 5.41 Å². The van der Waals surface area contributed by atoms with Crippen molar-refractivity contribution in [3.05, 3.63) is 0 Å². The Morgan fingerprint density at radius 3 is 2.38 bits per heavy atom. The minimum atomic E-state index is -0.565. The minimum Gasteiger partial charge on any atom is -0.481 e. The number of hydrogen-bond donors (Lipinski definition) is 1. The third-order valence-electron chi connectivity index (χ3n) is 5.04. The Labute approximate surface area is 79.3 Å². The van der Waals surface area contributed by atoms with E-state index in [0.29, 0.717) is 11.8 Å². The van der Waals surface area contributed by atoms with Crippen molar-refractivity contribution < 1.29 is 9.90 Å². The molecule has 2 nitrogen and oxygen atoms in total. The monoisotopic (exact) mass is 182 g/mol. The molecular formula is C11H18O2. The van der Waals surface area contributed by atoms with Crippen LogP contribution in [0.5, 0.6) is 0 Å². The molecule has 3 atom stereocenters. The molecule has 0 radical (unpaired) electrons. The van der Waals surface area contributed by atoms with Crippen molar-refractivity contribution in [2.24, 2.45) is 22.7 Å². The van der Waals surface area contributed by atoms with Gasteiger partial charge < -0.3 is 5.11 Å². The van der Waals surface area contributed by atoms with Crippen LogP contribution in [-0.4, -0.2) is 11.1 Å². The van der Waals surface area contributed by atoms with Crippen LogP contribution in [0.4, 0.5) is 0 Å². The predicted octanol–water partition coefficient (Wildman–Crippen LogP) is 2.53. The van der Waals surface area contributed by atoms with Crippen LogP contribution in [0.25, 0.3) is 0 Å². The molecule has 3 unspecified atom stereocenters. The highest BCUT2D eigenvalue weighted by atomic mass is 16.4. The van der Waals surface area contributed by atoms with E-state index in [4.69, 9.17) is 0 Å². The van der Waals surface area contributed by atoms with E-state index in [1.165, 1.54) is 0 Å². The summed E-state index contributed by atoms with van der Waals surface area (Å²) in [6, 6.07) is 0. The summed E-state index contributed by atoms with van der Waals surface area (Å²) in [6.07, 6.45) is 2.93. The number of fused-ring (bicyclic) bond motifs is 2. The molecule has 2 fully saturated rings. The summed E-state index contributed by atoms with van der Waals surface area (Å²) < 4.78 is 0. The second-order valence-corrected chi connectivity index (χ2v) is 5.40. The lowest BCUT2D eigenvalue weighted by molar-refractivity contribution is -0.156. The maximum absolute atomic E-state index is 11.3. The molecule has 0 spiro atoms. The Balaban J connectivity index is 2.44. The first-order valence-electron chi connectivity index (χ1n) is 5.15. The first-order valence-corrected chi connectivity index (χ1v) is 5.15. The summed E-state index contributed by atoms with van der Waals surface area (Å²) >= 11 is 0. The maximum atomic E-state index is 11.3. The first-order chi connectivity index (χ1) is 5.92. The lowest BCUT2D eigenvalue weighted by Crippen LogP contribution is -2.43. The van der Waals surface area contributed by atoms with Crippen LogP contribution in [0.15, 0.2) is 0 Å². The van der Waals surface area contributed by atoms with Crippen LogP contribution in [-0.2, 0) is 4.79 Å². The van der Waals surface area contributed by atoms with Gasteiger partial charge in [0.15, 0.2) is 0 Å². The molecule has 0 amide bonds. The highest BCUT2D eigenvalue weighted by Gasteiger charge is 2.64. The van der Waals surface area contributed by atoms with Crippen LogP contribution in [0, 0.1) is 22.7 Å². The highest BCUT2D eigenvalue weighted by molar-refractivity contribution is 5.77. The molecule has 74 valence electrons. The highest BCUT2D eigenvalue weighted by Crippen LogP contribution is 2.66. The Bertz CT molecular complexity index is 257. The zero-order valence-corrected chi connectivity index (χ0v) is 8.63. The van der Waals surface area contributed by atoms with Crippen molar-refractivity contribution >= 4 is 5.97 Å². The van der Waals surface area contributed by atoms with Crippen molar-refractivity contribution in [1.29, 1.82) is 0 Å². The van der Waals surface area contributed by atoms with Gasteiger partial charge in [0.25, 0.3) is 0 Å². The lowest BCUT2D eigenvalue weighted by atomic mass is 9.61. The molecule has 2 bridgehead atoms. The fourth-order valence-corrected chi connectivity index (χ4v) is 3.59. The zero-order chi connectivity index (χ0) is 9.85. The summed E-state index contributed by atoms with van der Waals surface area (Å²) in [5.41, 5.74) is -0.418. The molecule has 0 aromatic rings. The Morgan fingerprint density at radius 2 is 2.08 bits per heavy atom. The van der Waals surface area contributed by atoms with E-state index in [2.05, 4.69) is 20.8 Å². The molecule has 0 heterocycles. The summed E-state index contributed by atoms with van der Waals surface area (Å²) in [4.78, 5) is 11.3. The first kappa shape index (κ1) is 9.04. The maximum Gasteiger partial charge on any atom is 0.310 e. The second kappa shape index (κ2) is 2.28. The van der Waals surface area contributed by atoms with Crippen molar-refractivity contribution in [3.8, 4) is 0 Å². The molecule has 2 heteroatoms. The summed E-state index contributed by atoms with van der Waals surface area (Å²) in [6.45, 7) is 6.48. The molecule has 0 aliphatic heterocycles. The SMILES string of the molecule is CC1C2CCC(C(=O)O)(C2)C1(C)C. The number of carbonyl (C=O) groups is 1. The second-order valence-electron chi connectivity index (χ2n) is 5.40. The van der Waals surface area contributed by atoms with Gasteiger partial charge in [0.1, 0.15) is 0 Å². The third-order valence-corrected chi connectivity index (χ3v) is 5.04. The van der Waals surface area contributed by atoms with Gasteiger partial charge in [-0.25, -0.2) is 0 Å². The van der Waals surface area contributed by atoms with Crippen LogP contribution in [0.3, 0.4) is 0 Å². The van der Waals surface area contributed by atoms with Gasteiger partial charge in [0, 0.05) is 0 Å². The molecule has 1 N–H and O–H groups in total. The van der Waals surface area contributed by atoms with E-state index < -0.39 is 11.4 Å². The third kappa shape index (κ3) is 0.818. The van der Waals surface area contributed by atoms with E-state index in [1.54, 1.807) is 0 Å². The Kier molecular flexibility index (Phi) is 1.59. The van der Waals surface area contributed by atoms with Gasteiger partial charge >= 0.3 is 5.97 Å². The van der Waals surface area contributed by atoms with Gasteiger partial charge in [-0.15, -0.1) is 0 Å². The average molecular weight is 182 g/mol. The Morgan fingerprint density at radius 1 is 1.46 bits per heavy atom. The van der Waals surface area contributed by atoms with E-state index in [1.807, 2.05) is 0 Å². The van der Waals surface area contributed by atoms with Gasteiger partial charge in [-0.1, -0.05) is 20.8 Å². The van der Waals surface area contributed by atoms with Crippen LogP contribution < -0.4 is 0 Å². The zero-order valence-electron chi connectivity index (χ0n) is 8.63. The van der Waals surface area contributed by atoms with Gasteiger partial charge in [-0.3, -0.25) is 4.79 Å². The minimum absolute atomic E-state index is 0.0122. The van der Waals surface area contributed by atoms with Crippen molar-refractivity contribution in [1.82, 2.24) is 0 Å². The lowest BCUT2D eigenvalue weighted by Gasteiger charge is -2.42. The fourth-order valence-electron chi connectivity index (χ4n) is 3.59. The van der Waals surface area contributed by atoms with Gasteiger partial charge in [-0.05, 0) is 36.5 Å². The van der Waals surface area contributed by atoms with E-state index in [0.717, 1.165) is 19.3 Å². The van der Waals surface area contributed by atoms with Gasteiger partial charge in [-0.2, -0.15) is 0 Å². The standard InChI is InChI=1S/C11H18O2/c1-7-8-4-5-11(6-8,9(12)13)10(7,2)3/h7-8H,4-6H2,1-3H3,(H,12,13). The molecular weight excluding hydrogens is 164 g/mol. The van der Waals surface area contributed by atoms with Crippen molar-refractivity contribution in [3.63, 3.8) is 0 Å². The van der Waals surface area contributed by atoms with Crippen LogP contribution in [0.2, 0.25) is 0 Å². The number of carboxylic acid groups (broad SMARTS) is 1. The molecule has 2 rings (SSSR count). The molecule has 2 aliphatic rings. The topological polar surface area (TPSA) is 37.3 Å². The molecule has 2 aliphatic carbocycles. The Hall–Kier alpha value is -0.530.